The number of rotatable bonds is 4. The summed E-state index contributed by atoms with van der Waals surface area (Å²) in [5.41, 5.74) is 5.49. The van der Waals surface area contributed by atoms with Crippen LogP contribution in [0.25, 0.3) is 0 Å². The average Bonchev–Trinajstić information content (AvgIpc) is 2.77. The summed E-state index contributed by atoms with van der Waals surface area (Å²) in [6.07, 6.45) is 4.44. The first-order valence-corrected chi connectivity index (χ1v) is 5.06. The second-order valence-corrected chi connectivity index (χ2v) is 3.63. The monoisotopic (exact) mass is 209 g/mol. The highest BCUT2D eigenvalue weighted by Crippen LogP contribution is 2.16. The molecule has 5 nitrogen and oxygen atoms in total. The van der Waals surface area contributed by atoms with E-state index < -0.39 is 0 Å². The molecule has 0 bridgehead atoms. The lowest BCUT2D eigenvalue weighted by Gasteiger charge is -1.99. The Bertz CT molecular complexity index is 380. The van der Waals surface area contributed by atoms with E-state index in [1.807, 2.05) is 12.3 Å². The fourth-order valence-corrected chi connectivity index (χ4v) is 1.71. The number of nitrogens with one attached hydrogen (secondary N) is 2. The van der Waals surface area contributed by atoms with Crippen LogP contribution in [0.5, 0.6) is 0 Å². The largest absolute Gasteiger partial charge is 0.383 e. The summed E-state index contributed by atoms with van der Waals surface area (Å²) in [7, 11) is 0. The first-order chi connectivity index (χ1) is 6.84. The van der Waals surface area contributed by atoms with Gasteiger partial charge in [-0.05, 0) is 11.5 Å². The zero-order valence-electron chi connectivity index (χ0n) is 7.53. The van der Waals surface area contributed by atoms with Crippen molar-refractivity contribution in [2.75, 3.05) is 17.6 Å². The summed E-state index contributed by atoms with van der Waals surface area (Å²) >= 11 is 1.37. The summed E-state index contributed by atoms with van der Waals surface area (Å²) in [6, 6.07) is 1.83. The van der Waals surface area contributed by atoms with Gasteiger partial charge in [0.05, 0.1) is 0 Å². The van der Waals surface area contributed by atoms with Crippen molar-refractivity contribution < 1.29 is 0 Å². The molecule has 74 valence electrons. The summed E-state index contributed by atoms with van der Waals surface area (Å²) in [6.45, 7) is 0.829. The molecule has 2 rings (SSSR count). The van der Waals surface area contributed by atoms with E-state index in [2.05, 4.69) is 19.7 Å². The first-order valence-electron chi connectivity index (χ1n) is 4.29. The maximum Gasteiger partial charge on any atom is 0.139 e. The summed E-state index contributed by atoms with van der Waals surface area (Å²) in [5.74, 6) is 1.55. The molecule has 14 heavy (non-hydrogen) atoms. The Morgan fingerprint density at radius 2 is 2.50 bits per heavy atom. The molecule has 2 heterocycles. The second-order valence-electron chi connectivity index (χ2n) is 2.83. The molecule has 0 saturated carbocycles. The van der Waals surface area contributed by atoms with Crippen LogP contribution in [0.15, 0.2) is 18.5 Å². The fraction of sp³-hybridized carbons (Fsp3) is 0.250. The SMILES string of the molecule is Nc1cc(NCCc2ncc[nH]2)sn1. The normalized spacial score (nSPS) is 10.3. The molecule has 0 saturated heterocycles. The third kappa shape index (κ3) is 2.23. The van der Waals surface area contributed by atoms with E-state index in [0.717, 1.165) is 23.8 Å². The lowest BCUT2D eigenvalue weighted by atomic mass is 10.4. The number of nitrogen functional groups attached to an aromatic ring is 1. The lowest BCUT2D eigenvalue weighted by Crippen LogP contribution is -2.04. The lowest BCUT2D eigenvalue weighted by molar-refractivity contribution is 0.930. The molecule has 0 radical (unpaired) electrons. The highest BCUT2D eigenvalue weighted by atomic mass is 32.1. The van der Waals surface area contributed by atoms with E-state index >= 15 is 0 Å². The van der Waals surface area contributed by atoms with Crippen LogP contribution >= 0.6 is 11.5 Å². The number of aromatic amines is 1. The molecule has 0 unspecified atom stereocenters. The van der Waals surface area contributed by atoms with Crippen molar-refractivity contribution in [2.45, 2.75) is 6.42 Å². The Balaban J connectivity index is 1.78. The molecule has 2 aromatic heterocycles. The molecule has 0 spiro atoms. The van der Waals surface area contributed by atoms with Crippen molar-refractivity contribution in [3.05, 3.63) is 24.3 Å². The highest BCUT2D eigenvalue weighted by molar-refractivity contribution is 7.10. The molecule has 4 N–H and O–H groups in total. The Morgan fingerprint density at radius 3 is 3.14 bits per heavy atom. The predicted molar refractivity (Wildman–Crippen MR) is 57.3 cm³/mol. The van der Waals surface area contributed by atoms with Crippen LogP contribution in [0.3, 0.4) is 0 Å². The molecule has 0 atom stereocenters. The van der Waals surface area contributed by atoms with Crippen LogP contribution in [0.1, 0.15) is 5.82 Å². The summed E-state index contributed by atoms with van der Waals surface area (Å²) < 4.78 is 3.97. The van der Waals surface area contributed by atoms with Gasteiger partial charge in [0.25, 0.3) is 0 Å². The van der Waals surface area contributed by atoms with E-state index in [-0.39, 0.29) is 0 Å². The number of aromatic nitrogens is 3. The van der Waals surface area contributed by atoms with Gasteiger partial charge >= 0.3 is 0 Å². The Morgan fingerprint density at radius 1 is 1.57 bits per heavy atom. The molecule has 0 aliphatic rings. The number of nitrogens with two attached hydrogens (primary N) is 1. The van der Waals surface area contributed by atoms with Crippen molar-refractivity contribution in [3.8, 4) is 0 Å². The maximum atomic E-state index is 5.49. The highest BCUT2D eigenvalue weighted by Gasteiger charge is 1.98. The third-order valence-corrected chi connectivity index (χ3v) is 2.51. The van der Waals surface area contributed by atoms with E-state index in [9.17, 15) is 0 Å². The van der Waals surface area contributed by atoms with Gasteiger partial charge in [-0.3, -0.25) is 0 Å². The van der Waals surface area contributed by atoms with Gasteiger partial charge in [0.15, 0.2) is 0 Å². The van der Waals surface area contributed by atoms with Gasteiger partial charge in [0, 0.05) is 31.4 Å². The van der Waals surface area contributed by atoms with Gasteiger partial charge in [-0.2, -0.15) is 4.37 Å². The average molecular weight is 209 g/mol. The summed E-state index contributed by atoms with van der Waals surface area (Å²) in [4.78, 5) is 7.16. The Kier molecular flexibility index (Phi) is 2.64. The van der Waals surface area contributed by atoms with Gasteiger partial charge in [0.2, 0.25) is 0 Å². The van der Waals surface area contributed by atoms with Crippen molar-refractivity contribution in [1.82, 2.24) is 14.3 Å². The van der Waals surface area contributed by atoms with E-state index in [1.54, 1.807) is 6.20 Å². The molecule has 0 fully saturated rings. The molecule has 2 aromatic rings. The second kappa shape index (κ2) is 4.10. The molecule has 0 amide bonds. The number of H-pyrrole nitrogens is 1. The van der Waals surface area contributed by atoms with Gasteiger partial charge in [-0.25, -0.2) is 4.98 Å². The summed E-state index contributed by atoms with van der Waals surface area (Å²) in [5, 5.41) is 4.21. The van der Waals surface area contributed by atoms with Crippen LogP contribution in [-0.4, -0.2) is 20.9 Å². The first kappa shape index (κ1) is 9.01. The number of imidazole rings is 1. The minimum atomic E-state index is 0.565. The van der Waals surface area contributed by atoms with Crippen LogP contribution in [0, 0.1) is 0 Å². The van der Waals surface area contributed by atoms with Gasteiger partial charge in [-0.15, -0.1) is 0 Å². The van der Waals surface area contributed by atoms with Crippen molar-refractivity contribution in [2.24, 2.45) is 0 Å². The minimum Gasteiger partial charge on any atom is -0.383 e. The van der Waals surface area contributed by atoms with Crippen LogP contribution in [0.2, 0.25) is 0 Å². The topological polar surface area (TPSA) is 79.6 Å². The van der Waals surface area contributed by atoms with Crippen molar-refractivity contribution in [1.29, 1.82) is 0 Å². The van der Waals surface area contributed by atoms with Crippen molar-refractivity contribution >= 4 is 22.4 Å². The van der Waals surface area contributed by atoms with E-state index in [0.29, 0.717) is 5.82 Å². The van der Waals surface area contributed by atoms with Gasteiger partial charge in [-0.1, -0.05) is 0 Å². The number of hydrogen-bond donors (Lipinski definition) is 3. The third-order valence-electron chi connectivity index (χ3n) is 1.74. The number of nitrogens with zero attached hydrogens (tertiary/aromatic N) is 2. The zero-order valence-corrected chi connectivity index (χ0v) is 8.34. The Labute approximate surface area is 85.5 Å². The van der Waals surface area contributed by atoms with E-state index in [4.69, 9.17) is 5.73 Å². The van der Waals surface area contributed by atoms with Gasteiger partial charge in [0.1, 0.15) is 16.6 Å². The molecule has 0 aromatic carbocycles. The smallest absolute Gasteiger partial charge is 0.139 e. The fourth-order valence-electron chi connectivity index (χ4n) is 1.11. The molecule has 6 heteroatoms. The Hall–Kier alpha value is -1.56. The molecule has 0 aliphatic heterocycles. The molecular formula is C8H11N5S. The predicted octanol–water partition coefficient (Wildman–Crippen LogP) is 1.10. The number of hydrogen-bond acceptors (Lipinski definition) is 5. The molecule has 0 aliphatic carbocycles. The standard InChI is InChI=1S/C8H11N5S/c9-6-5-8(14-13-6)12-2-1-7-10-3-4-11-7/h3-5,12H,1-2H2,(H2,9,13)(H,10,11). The quantitative estimate of drug-likeness (QED) is 0.704. The van der Waals surface area contributed by atoms with Crippen LogP contribution in [-0.2, 0) is 6.42 Å². The molecular weight excluding hydrogens is 198 g/mol. The maximum absolute atomic E-state index is 5.49. The number of anilines is 2. The minimum absolute atomic E-state index is 0.565. The van der Waals surface area contributed by atoms with Crippen LogP contribution < -0.4 is 11.1 Å². The van der Waals surface area contributed by atoms with Gasteiger partial charge < -0.3 is 16.0 Å². The van der Waals surface area contributed by atoms with E-state index in [1.165, 1.54) is 11.5 Å². The van der Waals surface area contributed by atoms with Crippen LogP contribution in [0.4, 0.5) is 10.8 Å². The zero-order chi connectivity index (χ0) is 9.80. The van der Waals surface area contributed by atoms with Crippen molar-refractivity contribution in [3.63, 3.8) is 0 Å².